The van der Waals surface area contributed by atoms with Crippen LogP contribution in [0.25, 0.3) is 0 Å². The lowest BCUT2D eigenvalue weighted by Gasteiger charge is -2.34. The standard InChI is InChI=1S/C9H14O2/c1-2-7-3-6(1)8-4-10-5-11-9(7)8/h6-9H,1-5H2/t6-,7+,8+,9-/m0/s1. The Kier molecular flexibility index (Phi) is 1.29. The first kappa shape index (κ1) is 6.44. The summed E-state index contributed by atoms with van der Waals surface area (Å²) in [5, 5.41) is 0. The van der Waals surface area contributed by atoms with Crippen molar-refractivity contribution < 1.29 is 9.47 Å². The summed E-state index contributed by atoms with van der Waals surface area (Å²) in [6, 6.07) is 0. The summed E-state index contributed by atoms with van der Waals surface area (Å²) in [5.74, 6) is 2.57. The monoisotopic (exact) mass is 154 g/mol. The molecule has 2 heteroatoms. The van der Waals surface area contributed by atoms with Crippen molar-refractivity contribution in [2.45, 2.75) is 25.4 Å². The summed E-state index contributed by atoms with van der Waals surface area (Å²) >= 11 is 0. The highest BCUT2D eigenvalue weighted by atomic mass is 16.7. The summed E-state index contributed by atoms with van der Waals surface area (Å²) in [4.78, 5) is 0. The Hall–Kier alpha value is -0.0800. The minimum atomic E-state index is 0.546. The average Bonchev–Trinajstić information content (AvgIpc) is 2.64. The van der Waals surface area contributed by atoms with Crippen molar-refractivity contribution in [3.63, 3.8) is 0 Å². The second kappa shape index (κ2) is 2.20. The number of hydrogen-bond acceptors (Lipinski definition) is 2. The molecule has 3 fully saturated rings. The molecule has 62 valence electrons. The lowest BCUT2D eigenvalue weighted by molar-refractivity contribution is -0.183. The van der Waals surface area contributed by atoms with Gasteiger partial charge in [0.25, 0.3) is 0 Å². The third kappa shape index (κ3) is 0.798. The maximum Gasteiger partial charge on any atom is 0.147 e. The Labute approximate surface area is 66.9 Å². The molecule has 2 bridgehead atoms. The Balaban J connectivity index is 1.84. The molecule has 1 aliphatic heterocycles. The Morgan fingerprint density at radius 1 is 1.09 bits per heavy atom. The predicted octanol–water partition coefficient (Wildman–Crippen LogP) is 1.41. The molecule has 1 saturated heterocycles. The van der Waals surface area contributed by atoms with Crippen molar-refractivity contribution >= 4 is 0 Å². The first-order valence-electron chi connectivity index (χ1n) is 4.64. The minimum Gasteiger partial charge on any atom is -0.355 e. The van der Waals surface area contributed by atoms with Gasteiger partial charge in [0.1, 0.15) is 6.79 Å². The lowest BCUT2D eigenvalue weighted by atomic mass is 9.86. The van der Waals surface area contributed by atoms with E-state index in [1.165, 1.54) is 19.3 Å². The van der Waals surface area contributed by atoms with Gasteiger partial charge in [-0.05, 0) is 31.1 Å². The highest BCUT2D eigenvalue weighted by Crippen LogP contribution is 2.50. The van der Waals surface area contributed by atoms with E-state index in [1.54, 1.807) is 0 Å². The minimum absolute atomic E-state index is 0.546. The van der Waals surface area contributed by atoms with Gasteiger partial charge in [0.15, 0.2) is 0 Å². The summed E-state index contributed by atoms with van der Waals surface area (Å²) in [6.07, 6.45) is 4.82. The van der Waals surface area contributed by atoms with Crippen LogP contribution in [0.4, 0.5) is 0 Å². The van der Waals surface area contributed by atoms with Gasteiger partial charge in [-0.3, -0.25) is 0 Å². The molecule has 0 aromatic rings. The van der Waals surface area contributed by atoms with Crippen LogP contribution in [-0.2, 0) is 9.47 Å². The molecule has 0 radical (unpaired) electrons. The SMILES string of the molecule is C1OC[C@@H]2[C@H]3CC[C@H](C3)[C@@H]2O1. The zero-order chi connectivity index (χ0) is 7.26. The molecular weight excluding hydrogens is 140 g/mol. The largest absolute Gasteiger partial charge is 0.355 e. The molecule has 0 unspecified atom stereocenters. The number of hydrogen-bond donors (Lipinski definition) is 0. The molecule has 4 atom stereocenters. The first-order chi connectivity index (χ1) is 5.45. The Morgan fingerprint density at radius 2 is 2.00 bits per heavy atom. The molecule has 3 rings (SSSR count). The van der Waals surface area contributed by atoms with Crippen LogP contribution < -0.4 is 0 Å². The highest BCUT2D eigenvalue weighted by Gasteiger charge is 2.49. The number of ether oxygens (including phenoxy) is 2. The summed E-state index contributed by atoms with van der Waals surface area (Å²) < 4.78 is 10.9. The van der Waals surface area contributed by atoms with E-state index in [2.05, 4.69) is 0 Å². The van der Waals surface area contributed by atoms with Crippen LogP contribution in [0.1, 0.15) is 19.3 Å². The molecule has 2 saturated carbocycles. The molecule has 0 N–H and O–H groups in total. The molecule has 0 spiro atoms. The van der Waals surface area contributed by atoms with E-state index >= 15 is 0 Å². The van der Waals surface area contributed by atoms with Crippen LogP contribution in [0.2, 0.25) is 0 Å². The van der Waals surface area contributed by atoms with Crippen LogP contribution in [0, 0.1) is 17.8 Å². The van der Waals surface area contributed by atoms with E-state index in [1.807, 2.05) is 0 Å². The van der Waals surface area contributed by atoms with E-state index in [0.29, 0.717) is 12.9 Å². The van der Waals surface area contributed by atoms with Gasteiger partial charge in [0.05, 0.1) is 12.7 Å². The molecule has 2 aliphatic carbocycles. The average molecular weight is 154 g/mol. The van der Waals surface area contributed by atoms with Gasteiger partial charge in [0.2, 0.25) is 0 Å². The zero-order valence-corrected chi connectivity index (χ0v) is 6.66. The van der Waals surface area contributed by atoms with Crippen LogP contribution >= 0.6 is 0 Å². The fourth-order valence-electron chi connectivity index (χ4n) is 3.16. The van der Waals surface area contributed by atoms with Crippen LogP contribution in [0.5, 0.6) is 0 Å². The molecule has 0 aromatic carbocycles. The van der Waals surface area contributed by atoms with E-state index in [0.717, 1.165) is 24.4 Å². The van der Waals surface area contributed by atoms with Gasteiger partial charge in [0, 0.05) is 5.92 Å². The summed E-state index contributed by atoms with van der Waals surface area (Å²) in [5.41, 5.74) is 0. The van der Waals surface area contributed by atoms with E-state index in [9.17, 15) is 0 Å². The quantitative estimate of drug-likeness (QED) is 0.525. The molecule has 3 aliphatic rings. The smallest absolute Gasteiger partial charge is 0.147 e. The van der Waals surface area contributed by atoms with Crippen molar-refractivity contribution in [3.05, 3.63) is 0 Å². The van der Waals surface area contributed by atoms with Crippen LogP contribution in [0.3, 0.4) is 0 Å². The van der Waals surface area contributed by atoms with Crippen LogP contribution in [0.15, 0.2) is 0 Å². The second-order valence-corrected chi connectivity index (χ2v) is 4.12. The normalized spacial score (nSPS) is 54.5. The van der Waals surface area contributed by atoms with Crippen molar-refractivity contribution in [2.24, 2.45) is 17.8 Å². The van der Waals surface area contributed by atoms with Crippen molar-refractivity contribution in [1.29, 1.82) is 0 Å². The highest BCUT2D eigenvalue weighted by molar-refractivity contribution is 4.98. The first-order valence-corrected chi connectivity index (χ1v) is 4.64. The van der Waals surface area contributed by atoms with Gasteiger partial charge < -0.3 is 9.47 Å². The second-order valence-electron chi connectivity index (χ2n) is 4.12. The maximum absolute atomic E-state index is 5.61. The summed E-state index contributed by atoms with van der Waals surface area (Å²) in [7, 11) is 0. The molecule has 11 heavy (non-hydrogen) atoms. The topological polar surface area (TPSA) is 18.5 Å². The maximum atomic E-state index is 5.61. The lowest BCUT2D eigenvalue weighted by Crippen LogP contribution is -2.38. The van der Waals surface area contributed by atoms with Gasteiger partial charge >= 0.3 is 0 Å². The molecule has 1 heterocycles. The molecule has 2 nitrogen and oxygen atoms in total. The molecule has 0 aromatic heterocycles. The summed E-state index contributed by atoms with van der Waals surface area (Å²) in [6.45, 7) is 1.51. The van der Waals surface area contributed by atoms with Gasteiger partial charge in [-0.15, -0.1) is 0 Å². The molecule has 0 amide bonds. The van der Waals surface area contributed by atoms with Gasteiger partial charge in [-0.1, -0.05) is 0 Å². The number of fused-ring (bicyclic) bond motifs is 5. The Bertz CT molecular complexity index is 151. The molecular formula is C9H14O2. The fraction of sp³-hybridized carbons (Fsp3) is 1.00. The van der Waals surface area contributed by atoms with E-state index in [-0.39, 0.29) is 0 Å². The van der Waals surface area contributed by atoms with Crippen molar-refractivity contribution in [3.8, 4) is 0 Å². The van der Waals surface area contributed by atoms with Crippen molar-refractivity contribution in [1.82, 2.24) is 0 Å². The van der Waals surface area contributed by atoms with Gasteiger partial charge in [-0.2, -0.15) is 0 Å². The Morgan fingerprint density at radius 3 is 2.91 bits per heavy atom. The van der Waals surface area contributed by atoms with Crippen molar-refractivity contribution in [2.75, 3.05) is 13.4 Å². The van der Waals surface area contributed by atoms with E-state index in [4.69, 9.17) is 9.47 Å². The third-order valence-corrected chi connectivity index (χ3v) is 3.66. The fourth-order valence-corrected chi connectivity index (χ4v) is 3.16. The van der Waals surface area contributed by atoms with Crippen LogP contribution in [-0.4, -0.2) is 19.5 Å². The predicted molar refractivity (Wildman–Crippen MR) is 40.0 cm³/mol. The zero-order valence-electron chi connectivity index (χ0n) is 6.66. The van der Waals surface area contributed by atoms with E-state index < -0.39 is 0 Å². The third-order valence-electron chi connectivity index (χ3n) is 3.66. The van der Waals surface area contributed by atoms with Gasteiger partial charge in [-0.25, -0.2) is 0 Å². The number of rotatable bonds is 0.